The fourth-order valence-corrected chi connectivity index (χ4v) is 0. The SMILES string of the molecule is [CH]=[CH][Os](=[O])(=[O])(=[O])=[O]. The first-order valence-corrected chi connectivity index (χ1v) is 6.73. The van der Waals surface area contributed by atoms with Gasteiger partial charge in [0.1, 0.15) is 0 Å². The van der Waals surface area contributed by atoms with Crippen molar-refractivity contribution in [2.45, 2.75) is 0 Å². The van der Waals surface area contributed by atoms with Crippen LogP contribution in [0.5, 0.6) is 0 Å². The Morgan fingerprint density at radius 3 is 1.29 bits per heavy atom. The van der Waals surface area contributed by atoms with Crippen LogP contribution in [-0.4, -0.2) is 0 Å². The first-order valence-electron chi connectivity index (χ1n) is 1.11. The van der Waals surface area contributed by atoms with Crippen molar-refractivity contribution in [3.8, 4) is 0 Å². The molecule has 0 saturated carbocycles. The quantitative estimate of drug-likeness (QED) is 0.678. The summed E-state index contributed by atoms with van der Waals surface area (Å²) in [5.74, 6) is 0. The summed E-state index contributed by atoms with van der Waals surface area (Å²) in [6.45, 7) is 4.15. The van der Waals surface area contributed by atoms with Crippen LogP contribution in [0.4, 0.5) is 0 Å². The van der Waals surface area contributed by atoms with E-state index < -0.39 is 13.7 Å². The van der Waals surface area contributed by atoms with E-state index in [1.165, 1.54) is 0 Å². The Hall–Kier alpha value is -0.424. The van der Waals surface area contributed by atoms with E-state index in [0.29, 0.717) is 0 Å². The molecule has 0 aliphatic carbocycles. The van der Waals surface area contributed by atoms with Crippen LogP contribution >= 0.6 is 0 Å². The zero-order chi connectivity index (χ0) is 6.15. The van der Waals surface area contributed by atoms with Crippen molar-refractivity contribution in [2.75, 3.05) is 0 Å². The zero-order valence-corrected chi connectivity index (χ0v) is 5.68. The van der Waals surface area contributed by atoms with E-state index in [1.807, 2.05) is 0 Å². The minimum absolute atomic E-state index is 0.317. The molecule has 0 aromatic carbocycles. The van der Waals surface area contributed by atoms with Gasteiger partial charge in [-0.05, 0) is 0 Å². The summed E-state index contributed by atoms with van der Waals surface area (Å²) in [7, 11) is 0. The van der Waals surface area contributed by atoms with Gasteiger partial charge in [0.15, 0.2) is 0 Å². The van der Waals surface area contributed by atoms with E-state index in [0.717, 1.165) is 0 Å². The maximum atomic E-state index is 9.40. The van der Waals surface area contributed by atoms with Crippen molar-refractivity contribution >= 4 is 0 Å². The average Bonchev–Trinajstić information content (AvgIpc) is 1.32. The summed E-state index contributed by atoms with van der Waals surface area (Å²) in [6, 6.07) is 0. The fraction of sp³-hybridized carbons (Fsp3) is 0. The molecule has 0 aliphatic rings. The average molecular weight is 280 g/mol. The van der Waals surface area contributed by atoms with Gasteiger partial charge in [-0.3, -0.25) is 0 Å². The fourth-order valence-electron chi connectivity index (χ4n) is 0. The summed E-state index contributed by atoms with van der Waals surface area (Å²) >= 11 is -7.05. The molecule has 42 valence electrons. The molecule has 0 aliphatic heterocycles. The van der Waals surface area contributed by atoms with E-state index >= 15 is 0 Å². The molecule has 4 nitrogen and oxygen atoms in total. The van der Waals surface area contributed by atoms with E-state index in [4.69, 9.17) is 0 Å². The third-order valence-electron chi connectivity index (χ3n) is 0.192. The maximum absolute atomic E-state index is 9.40. The Kier molecular flexibility index (Phi) is 0.981. The van der Waals surface area contributed by atoms with Gasteiger partial charge in [0, 0.05) is 0 Å². The first-order chi connectivity index (χ1) is 2.81. The molecular weight excluding hydrogens is 278 g/mol. The Morgan fingerprint density at radius 2 is 1.29 bits per heavy atom. The van der Waals surface area contributed by atoms with Gasteiger partial charge in [0.2, 0.25) is 0 Å². The second kappa shape index (κ2) is 1.04. The predicted molar refractivity (Wildman–Crippen MR) is 11.6 cm³/mol. The Labute approximate surface area is 39.7 Å². The van der Waals surface area contributed by atoms with Crippen molar-refractivity contribution in [3.05, 3.63) is 11.2 Å². The minimum atomic E-state index is -7.05. The van der Waals surface area contributed by atoms with Crippen molar-refractivity contribution in [1.82, 2.24) is 0 Å². The molecule has 0 N–H and O–H groups in total. The molecule has 0 amide bonds. The second-order valence-corrected chi connectivity index (χ2v) is 6.59. The molecule has 0 spiro atoms. The van der Waals surface area contributed by atoms with Gasteiger partial charge in [-0.1, -0.05) is 0 Å². The topological polar surface area (TPSA) is 68.3 Å². The van der Waals surface area contributed by atoms with Gasteiger partial charge >= 0.3 is 39.0 Å². The summed E-state index contributed by atoms with van der Waals surface area (Å²) in [6.07, 6.45) is 0. The molecule has 0 aromatic heterocycles. The van der Waals surface area contributed by atoms with Crippen LogP contribution in [0.15, 0.2) is 4.63 Å². The normalized spacial score (nSPS) is 16.9. The number of hydrogen-bond acceptors (Lipinski definition) is 4. The van der Waals surface area contributed by atoms with Crippen LogP contribution in [0.3, 0.4) is 0 Å². The van der Waals surface area contributed by atoms with Crippen LogP contribution in [0, 0.1) is 6.58 Å². The Bertz CT molecular complexity index is 278. The van der Waals surface area contributed by atoms with Gasteiger partial charge in [0.25, 0.3) is 0 Å². The molecule has 0 rings (SSSR count). The number of rotatable bonds is 1. The van der Waals surface area contributed by atoms with Crippen molar-refractivity contribution in [1.29, 1.82) is 0 Å². The summed E-state index contributed by atoms with van der Waals surface area (Å²) in [5.41, 5.74) is 0. The third kappa shape index (κ3) is 5.58. The molecular formula is C2H2O4Os. The molecule has 0 saturated heterocycles. The van der Waals surface area contributed by atoms with Gasteiger partial charge in [-0.15, -0.1) is 0 Å². The Balaban J connectivity index is 6.00. The summed E-state index contributed by atoms with van der Waals surface area (Å²) < 4.78 is 37.3. The van der Waals surface area contributed by atoms with Crippen molar-refractivity contribution in [3.63, 3.8) is 0 Å². The van der Waals surface area contributed by atoms with Gasteiger partial charge in [0.05, 0.1) is 0 Å². The van der Waals surface area contributed by atoms with Crippen molar-refractivity contribution in [2.24, 2.45) is 0 Å². The van der Waals surface area contributed by atoms with E-state index in [-0.39, 0.29) is 4.63 Å². The molecule has 5 heteroatoms. The van der Waals surface area contributed by atoms with Crippen LogP contribution in [0.25, 0.3) is 0 Å². The van der Waals surface area contributed by atoms with E-state index in [9.17, 15) is 14.2 Å². The Morgan fingerprint density at radius 1 is 1.14 bits per heavy atom. The molecule has 0 heterocycles. The predicted octanol–water partition coefficient (Wildman–Crippen LogP) is 0.00469. The van der Waals surface area contributed by atoms with E-state index in [1.54, 1.807) is 0 Å². The summed E-state index contributed by atoms with van der Waals surface area (Å²) in [4.78, 5) is 0. The third-order valence-corrected chi connectivity index (χ3v) is 1.58. The van der Waals surface area contributed by atoms with Gasteiger partial charge < -0.3 is 0 Å². The monoisotopic (exact) mass is 282 g/mol. The van der Waals surface area contributed by atoms with Crippen LogP contribution in [-0.2, 0) is 27.8 Å². The van der Waals surface area contributed by atoms with Crippen LogP contribution in [0.2, 0.25) is 0 Å². The zero-order valence-electron chi connectivity index (χ0n) is 3.14. The summed E-state index contributed by atoms with van der Waals surface area (Å²) in [5, 5.41) is 0. The van der Waals surface area contributed by atoms with Crippen LogP contribution in [0.1, 0.15) is 0 Å². The van der Waals surface area contributed by atoms with E-state index in [2.05, 4.69) is 6.58 Å². The second-order valence-electron chi connectivity index (χ2n) is 0.805. The van der Waals surface area contributed by atoms with Crippen molar-refractivity contribution < 1.29 is 27.8 Å². The molecule has 0 bridgehead atoms. The molecule has 7 heavy (non-hydrogen) atoms. The molecule has 0 atom stereocenters. The first kappa shape index (κ1) is 6.58. The molecule has 0 unspecified atom stereocenters. The van der Waals surface area contributed by atoms with Gasteiger partial charge in [-0.2, -0.15) is 0 Å². The van der Waals surface area contributed by atoms with Crippen LogP contribution < -0.4 is 0 Å². The molecule has 0 fully saturated rings. The standard InChI is InChI=1S/C2H2.4O.Os/c1-2;;;;;/h1-2H;;;;;. The molecule has 0 aromatic rings. The molecule has 1 radical (unpaired) electrons. The number of hydrogen-bond donors (Lipinski definition) is 0. The van der Waals surface area contributed by atoms with Gasteiger partial charge in [-0.25, -0.2) is 0 Å².